The molecule has 0 radical (unpaired) electrons. The predicted octanol–water partition coefficient (Wildman–Crippen LogP) is 2.16. The Morgan fingerprint density at radius 3 is 2.86 bits per heavy atom. The molecule has 1 heterocycles. The average Bonchev–Trinajstić information content (AvgIpc) is 2.47. The number of hydrogen-bond acceptors (Lipinski definition) is 3. The van der Waals surface area contributed by atoms with Gasteiger partial charge in [0.1, 0.15) is 0 Å². The van der Waals surface area contributed by atoms with Gasteiger partial charge in [-0.25, -0.2) is 0 Å². The summed E-state index contributed by atoms with van der Waals surface area (Å²) in [6, 6.07) is 6.94. The Labute approximate surface area is 141 Å². The molecule has 0 spiro atoms. The van der Waals surface area contributed by atoms with Crippen LogP contribution in [0.15, 0.2) is 24.3 Å². The topological polar surface area (TPSA) is 61.4 Å². The van der Waals surface area contributed by atoms with Crippen LogP contribution in [0.25, 0.3) is 0 Å². The highest BCUT2D eigenvalue weighted by molar-refractivity contribution is 6.30. The molecule has 0 bridgehead atoms. The van der Waals surface area contributed by atoms with E-state index in [2.05, 4.69) is 10.6 Å². The first-order chi connectivity index (χ1) is 10.1. The van der Waals surface area contributed by atoms with Crippen LogP contribution in [0.4, 0.5) is 5.69 Å². The summed E-state index contributed by atoms with van der Waals surface area (Å²) in [6.07, 6.45) is 1.88. The van der Waals surface area contributed by atoms with E-state index in [1.54, 1.807) is 31.3 Å². The summed E-state index contributed by atoms with van der Waals surface area (Å²) >= 11 is 5.86. The smallest absolute Gasteiger partial charge is 0.243 e. The Morgan fingerprint density at radius 1 is 1.45 bits per heavy atom. The summed E-state index contributed by atoms with van der Waals surface area (Å²) in [5, 5.41) is 6.51. The van der Waals surface area contributed by atoms with Crippen molar-refractivity contribution in [2.24, 2.45) is 5.92 Å². The van der Waals surface area contributed by atoms with Crippen LogP contribution in [0.1, 0.15) is 12.8 Å². The molecule has 2 rings (SSSR count). The molecule has 5 nitrogen and oxygen atoms in total. The van der Waals surface area contributed by atoms with Crippen LogP contribution < -0.4 is 10.6 Å². The zero-order valence-electron chi connectivity index (χ0n) is 12.5. The van der Waals surface area contributed by atoms with Gasteiger partial charge in [-0.1, -0.05) is 17.7 Å². The summed E-state index contributed by atoms with van der Waals surface area (Å²) in [7, 11) is 1.66. The van der Waals surface area contributed by atoms with E-state index in [1.807, 2.05) is 0 Å². The van der Waals surface area contributed by atoms with Crippen molar-refractivity contribution in [1.82, 2.24) is 10.2 Å². The van der Waals surface area contributed by atoms with Gasteiger partial charge in [-0.3, -0.25) is 9.59 Å². The van der Waals surface area contributed by atoms with Crippen molar-refractivity contribution in [2.75, 3.05) is 32.0 Å². The van der Waals surface area contributed by atoms with Crippen LogP contribution in [0.3, 0.4) is 0 Å². The highest BCUT2D eigenvalue weighted by Crippen LogP contribution is 2.15. The van der Waals surface area contributed by atoms with E-state index in [4.69, 9.17) is 11.6 Å². The molecule has 0 aromatic heterocycles. The third-order valence-electron chi connectivity index (χ3n) is 3.51. The minimum atomic E-state index is -0.225. The number of likely N-dealkylation sites (N-methyl/N-ethyl adjacent to an activating group) is 1. The number of carbonyl (C=O) groups excluding carboxylic acids is 2. The van der Waals surface area contributed by atoms with Gasteiger partial charge in [0, 0.05) is 24.3 Å². The Morgan fingerprint density at radius 2 is 2.23 bits per heavy atom. The summed E-state index contributed by atoms with van der Waals surface area (Å²) in [6.45, 7) is 1.70. The second-order valence-corrected chi connectivity index (χ2v) is 5.73. The molecule has 7 heteroatoms. The van der Waals surface area contributed by atoms with Crippen LogP contribution in [-0.4, -0.2) is 43.4 Å². The molecule has 1 atom stereocenters. The molecule has 1 fully saturated rings. The van der Waals surface area contributed by atoms with E-state index in [-0.39, 0.29) is 36.7 Å². The second-order valence-electron chi connectivity index (χ2n) is 5.30. The fourth-order valence-corrected chi connectivity index (χ4v) is 2.62. The number of amides is 2. The van der Waals surface area contributed by atoms with Crippen LogP contribution in [0.2, 0.25) is 5.02 Å². The quantitative estimate of drug-likeness (QED) is 0.878. The molecule has 0 saturated carbocycles. The molecular weight excluding hydrogens is 325 g/mol. The zero-order chi connectivity index (χ0) is 15.2. The van der Waals surface area contributed by atoms with Gasteiger partial charge in [0.25, 0.3) is 0 Å². The minimum absolute atomic E-state index is 0. The monoisotopic (exact) mass is 345 g/mol. The molecule has 1 unspecified atom stereocenters. The fraction of sp³-hybridized carbons (Fsp3) is 0.467. The number of benzene rings is 1. The van der Waals surface area contributed by atoms with Crippen LogP contribution >= 0.6 is 24.0 Å². The third kappa shape index (κ3) is 5.48. The van der Waals surface area contributed by atoms with Crippen LogP contribution in [0.5, 0.6) is 0 Å². The zero-order valence-corrected chi connectivity index (χ0v) is 14.0. The highest BCUT2D eigenvalue weighted by atomic mass is 35.5. The number of anilines is 1. The molecule has 122 valence electrons. The Balaban J connectivity index is 0.00000242. The number of halogens is 2. The van der Waals surface area contributed by atoms with Crippen LogP contribution in [0, 0.1) is 5.92 Å². The highest BCUT2D eigenvalue weighted by Gasteiger charge is 2.24. The van der Waals surface area contributed by atoms with Gasteiger partial charge in [-0.15, -0.1) is 12.4 Å². The van der Waals surface area contributed by atoms with E-state index in [0.717, 1.165) is 19.4 Å². The predicted molar refractivity (Wildman–Crippen MR) is 90.6 cm³/mol. The number of carbonyl (C=O) groups is 2. The van der Waals surface area contributed by atoms with Crippen molar-refractivity contribution in [3.8, 4) is 0 Å². The molecule has 1 saturated heterocycles. The van der Waals surface area contributed by atoms with E-state index in [1.165, 1.54) is 4.90 Å². The SMILES string of the molecule is CN(CC(=O)Nc1cccc(Cl)c1)C(=O)C1CCCNC1.Cl. The second kappa shape index (κ2) is 8.98. The van der Waals surface area contributed by atoms with Crippen molar-refractivity contribution in [3.63, 3.8) is 0 Å². The molecule has 1 aliphatic heterocycles. The van der Waals surface area contributed by atoms with Gasteiger partial charge in [0.15, 0.2) is 0 Å². The maximum absolute atomic E-state index is 12.2. The first kappa shape index (κ1) is 18.7. The number of piperidine rings is 1. The van der Waals surface area contributed by atoms with Gasteiger partial charge in [0.2, 0.25) is 11.8 Å². The number of hydrogen-bond donors (Lipinski definition) is 2. The van der Waals surface area contributed by atoms with Gasteiger partial charge in [-0.2, -0.15) is 0 Å². The lowest BCUT2D eigenvalue weighted by molar-refractivity contribution is -0.137. The summed E-state index contributed by atoms with van der Waals surface area (Å²) in [5.74, 6) is -0.233. The molecule has 2 amide bonds. The number of nitrogens with zero attached hydrogens (tertiary/aromatic N) is 1. The lowest BCUT2D eigenvalue weighted by Gasteiger charge is -2.26. The van der Waals surface area contributed by atoms with E-state index in [9.17, 15) is 9.59 Å². The van der Waals surface area contributed by atoms with Crippen LogP contribution in [-0.2, 0) is 9.59 Å². The Kier molecular flexibility index (Phi) is 7.65. The van der Waals surface area contributed by atoms with Crippen molar-refractivity contribution >= 4 is 41.5 Å². The van der Waals surface area contributed by atoms with E-state index < -0.39 is 0 Å². The Bertz CT molecular complexity index is 519. The lowest BCUT2D eigenvalue weighted by Crippen LogP contribution is -2.43. The van der Waals surface area contributed by atoms with Crippen molar-refractivity contribution in [2.45, 2.75) is 12.8 Å². The number of nitrogens with one attached hydrogen (secondary N) is 2. The molecule has 22 heavy (non-hydrogen) atoms. The van der Waals surface area contributed by atoms with Gasteiger partial charge >= 0.3 is 0 Å². The van der Waals surface area contributed by atoms with Crippen molar-refractivity contribution in [3.05, 3.63) is 29.3 Å². The molecule has 1 aliphatic rings. The summed E-state index contributed by atoms with van der Waals surface area (Å²) in [4.78, 5) is 25.7. The van der Waals surface area contributed by atoms with Gasteiger partial charge in [0.05, 0.1) is 12.5 Å². The molecule has 1 aromatic carbocycles. The first-order valence-electron chi connectivity index (χ1n) is 7.07. The maximum Gasteiger partial charge on any atom is 0.243 e. The van der Waals surface area contributed by atoms with Gasteiger partial charge in [-0.05, 0) is 37.6 Å². The molecule has 0 aliphatic carbocycles. The Hall–Kier alpha value is -1.30. The molecule has 2 N–H and O–H groups in total. The minimum Gasteiger partial charge on any atom is -0.336 e. The number of rotatable bonds is 4. The largest absolute Gasteiger partial charge is 0.336 e. The average molecular weight is 346 g/mol. The molecular formula is C15H21Cl2N3O2. The van der Waals surface area contributed by atoms with E-state index in [0.29, 0.717) is 17.3 Å². The van der Waals surface area contributed by atoms with Crippen molar-refractivity contribution < 1.29 is 9.59 Å². The fourth-order valence-electron chi connectivity index (χ4n) is 2.43. The first-order valence-corrected chi connectivity index (χ1v) is 7.45. The van der Waals surface area contributed by atoms with Crippen molar-refractivity contribution in [1.29, 1.82) is 0 Å². The normalized spacial score (nSPS) is 17.3. The maximum atomic E-state index is 12.2. The summed E-state index contributed by atoms with van der Waals surface area (Å²) < 4.78 is 0. The molecule has 1 aromatic rings. The van der Waals surface area contributed by atoms with Gasteiger partial charge < -0.3 is 15.5 Å². The lowest BCUT2D eigenvalue weighted by atomic mass is 9.98. The third-order valence-corrected chi connectivity index (χ3v) is 3.75. The summed E-state index contributed by atoms with van der Waals surface area (Å²) in [5.41, 5.74) is 0.632. The van der Waals surface area contributed by atoms with E-state index >= 15 is 0 Å². The standard InChI is InChI=1S/C15H20ClN3O2.ClH/c1-19(15(21)11-4-3-7-17-9-11)10-14(20)18-13-6-2-5-12(16)8-13;/h2,5-6,8,11,17H,3-4,7,9-10H2,1H3,(H,18,20);1H.